The van der Waals surface area contributed by atoms with Crippen molar-refractivity contribution < 1.29 is 18.7 Å². The molecule has 0 saturated heterocycles. The molecule has 0 aliphatic carbocycles. The second-order valence-corrected chi connectivity index (χ2v) is 9.32. The monoisotopic (exact) mass is 511 g/mol. The first-order valence-corrected chi connectivity index (χ1v) is 12.8. The average Bonchev–Trinajstić information content (AvgIpc) is 3.44. The molecule has 3 aromatic carbocycles. The third kappa shape index (κ3) is 4.79. The predicted octanol–water partition coefficient (Wildman–Crippen LogP) is 6.00. The number of anilines is 1. The molecule has 5 rings (SSSR count). The highest BCUT2D eigenvalue weighted by Crippen LogP contribution is 2.42. The standard InChI is InChI=1S/C31H30FN3O3/c1-3-4-19-33(31(37)23-11-15-24(32)16-12-23)21-29(36)35-27-9-6-5-8-26(27)34-20-7-10-28(34)30(35)22-13-17-25(38-2)18-14-22/h5-18,20,30H,3-4,19,21H2,1-2H3. The van der Waals surface area contributed by atoms with E-state index in [9.17, 15) is 14.0 Å². The molecule has 1 aromatic heterocycles. The number of methoxy groups -OCH3 is 1. The Balaban J connectivity index is 1.54. The van der Waals surface area contributed by atoms with Gasteiger partial charge in [-0.3, -0.25) is 14.5 Å². The molecule has 0 radical (unpaired) electrons. The fourth-order valence-electron chi connectivity index (χ4n) is 4.98. The minimum absolute atomic E-state index is 0.0993. The largest absolute Gasteiger partial charge is 0.497 e. The molecule has 0 spiro atoms. The highest BCUT2D eigenvalue weighted by atomic mass is 19.1. The number of carbonyl (C=O) groups is 2. The second-order valence-electron chi connectivity index (χ2n) is 9.32. The van der Waals surface area contributed by atoms with Crippen LogP contribution in [0.3, 0.4) is 0 Å². The zero-order valence-electron chi connectivity index (χ0n) is 21.5. The maximum absolute atomic E-state index is 14.2. The Kier molecular flexibility index (Phi) is 7.26. The van der Waals surface area contributed by atoms with Crippen LogP contribution in [0.2, 0.25) is 0 Å². The van der Waals surface area contributed by atoms with Crippen LogP contribution in [0.15, 0.2) is 91.1 Å². The molecule has 1 aliphatic rings. The lowest BCUT2D eigenvalue weighted by Gasteiger charge is -2.39. The zero-order chi connectivity index (χ0) is 26.6. The van der Waals surface area contributed by atoms with Crippen LogP contribution in [0.25, 0.3) is 5.69 Å². The summed E-state index contributed by atoms with van der Waals surface area (Å²) >= 11 is 0. The van der Waals surface area contributed by atoms with Gasteiger partial charge in [0.2, 0.25) is 5.91 Å². The van der Waals surface area contributed by atoms with E-state index in [4.69, 9.17) is 4.74 Å². The smallest absolute Gasteiger partial charge is 0.254 e. The number of hydrogen-bond donors (Lipinski definition) is 0. The van der Waals surface area contributed by atoms with E-state index >= 15 is 0 Å². The van der Waals surface area contributed by atoms with Gasteiger partial charge in [0.25, 0.3) is 5.91 Å². The van der Waals surface area contributed by atoms with Crippen molar-refractivity contribution in [3.8, 4) is 11.4 Å². The van der Waals surface area contributed by atoms with Gasteiger partial charge in [0.1, 0.15) is 24.2 Å². The predicted molar refractivity (Wildman–Crippen MR) is 145 cm³/mol. The Bertz CT molecular complexity index is 1430. The van der Waals surface area contributed by atoms with Crippen molar-refractivity contribution in [2.45, 2.75) is 25.8 Å². The SMILES string of the molecule is CCCCN(CC(=O)N1c2ccccc2-n2cccc2C1c1ccc(OC)cc1)C(=O)c1ccc(F)cc1. The van der Waals surface area contributed by atoms with E-state index in [2.05, 4.69) is 4.57 Å². The quantitative estimate of drug-likeness (QED) is 0.291. The molecule has 1 atom stereocenters. The van der Waals surface area contributed by atoms with Crippen LogP contribution in [0, 0.1) is 5.82 Å². The Morgan fingerprint density at radius 1 is 0.921 bits per heavy atom. The van der Waals surface area contributed by atoms with Crippen molar-refractivity contribution in [2.24, 2.45) is 0 Å². The van der Waals surface area contributed by atoms with Gasteiger partial charge in [-0.1, -0.05) is 37.6 Å². The molecule has 194 valence electrons. The molecule has 0 bridgehead atoms. The number of unbranched alkanes of at least 4 members (excludes halogenated alkanes) is 1. The van der Waals surface area contributed by atoms with Crippen LogP contribution in [0.4, 0.5) is 10.1 Å². The zero-order valence-corrected chi connectivity index (χ0v) is 21.5. The molecule has 1 unspecified atom stereocenters. The van der Waals surface area contributed by atoms with Crippen molar-refractivity contribution >= 4 is 17.5 Å². The number of hydrogen-bond acceptors (Lipinski definition) is 3. The summed E-state index contributed by atoms with van der Waals surface area (Å²) in [7, 11) is 1.62. The van der Waals surface area contributed by atoms with Crippen LogP contribution >= 0.6 is 0 Å². The van der Waals surface area contributed by atoms with Gasteiger partial charge in [-0.25, -0.2) is 4.39 Å². The summed E-state index contributed by atoms with van der Waals surface area (Å²) in [6.07, 6.45) is 3.62. The number of carbonyl (C=O) groups excluding carboxylic acids is 2. The van der Waals surface area contributed by atoms with E-state index in [1.165, 1.54) is 24.3 Å². The number of fused-ring (bicyclic) bond motifs is 3. The molecule has 6 nitrogen and oxygen atoms in total. The van der Waals surface area contributed by atoms with Gasteiger partial charge in [-0.2, -0.15) is 0 Å². The van der Waals surface area contributed by atoms with Crippen LogP contribution < -0.4 is 9.64 Å². The van der Waals surface area contributed by atoms with Crippen molar-refractivity contribution in [2.75, 3.05) is 25.1 Å². The molecular formula is C31H30FN3O3. The molecule has 4 aromatic rings. The van der Waals surface area contributed by atoms with Gasteiger partial charge >= 0.3 is 0 Å². The second kappa shape index (κ2) is 10.9. The molecule has 38 heavy (non-hydrogen) atoms. The van der Waals surface area contributed by atoms with Crippen LogP contribution in [-0.2, 0) is 4.79 Å². The summed E-state index contributed by atoms with van der Waals surface area (Å²) in [6, 6.07) is 24.5. The molecule has 0 saturated carbocycles. The first-order valence-electron chi connectivity index (χ1n) is 12.8. The number of rotatable bonds is 8. The maximum atomic E-state index is 14.2. The van der Waals surface area contributed by atoms with E-state index in [-0.39, 0.29) is 18.4 Å². The van der Waals surface area contributed by atoms with Crippen molar-refractivity contribution in [3.05, 3.63) is 114 Å². The third-order valence-electron chi connectivity index (χ3n) is 6.91. The topological polar surface area (TPSA) is 54.8 Å². The van der Waals surface area contributed by atoms with Crippen LogP contribution in [-0.4, -0.2) is 41.5 Å². The molecule has 7 heteroatoms. The minimum Gasteiger partial charge on any atom is -0.497 e. The number of benzene rings is 3. The molecule has 2 heterocycles. The molecule has 1 aliphatic heterocycles. The fourth-order valence-corrected chi connectivity index (χ4v) is 4.98. The average molecular weight is 512 g/mol. The molecule has 0 N–H and O–H groups in total. The van der Waals surface area contributed by atoms with Gasteiger partial charge in [0.05, 0.1) is 24.2 Å². The summed E-state index contributed by atoms with van der Waals surface area (Å²) in [4.78, 5) is 31.0. The van der Waals surface area contributed by atoms with E-state index in [1.54, 1.807) is 16.9 Å². The lowest BCUT2D eigenvalue weighted by atomic mass is 9.97. The van der Waals surface area contributed by atoms with E-state index in [0.717, 1.165) is 41.2 Å². The molecule has 0 fully saturated rings. The summed E-state index contributed by atoms with van der Waals surface area (Å²) in [5.41, 5.74) is 3.91. The Hall–Kier alpha value is -4.39. The third-order valence-corrected chi connectivity index (χ3v) is 6.91. The van der Waals surface area contributed by atoms with Crippen molar-refractivity contribution in [3.63, 3.8) is 0 Å². The Labute approximate surface area is 221 Å². The number of para-hydroxylation sites is 2. The first-order chi connectivity index (χ1) is 18.5. The van der Waals surface area contributed by atoms with Gasteiger partial charge < -0.3 is 14.2 Å². The van der Waals surface area contributed by atoms with Gasteiger partial charge in [-0.05, 0) is 72.6 Å². The normalized spacial score (nSPS) is 14.0. The van der Waals surface area contributed by atoms with E-state index in [1.807, 2.05) is 73.8 Å². The summed E-state index contributed by atoms with van der Waals surface area (Å²) in [5, 5.41) is 0. The fraction of sp³-hybridized carbons (Fsp3) is 0.226. The van der Waals surface area contributed by atoms with Crippen LogP contribution in [0.5, 0.6) is 5.75 Å². The first kappa shape index (κ1) is 25.3. The highest BCUT2D eigenvalue weighted by molar-refractivity contribution is 6.02. The lowest BCUT2D eigenvalue weighted by molar-refractivity contribution is -0.119. The Morgan fingerprint density at radius 3 is 2.32 bits per heavy atom. The van der Waals surface area contributed by atoms with Gasteiger partial charge in [0.15, 0.2) is 0 Å². The number of nitrogens with zero attached hydrogens (tertiary/aromatic N) is 3. The summed E-state index contributed by atoms with van der Waals surface area (Å²) in [5.74, 6) is -0.166. The van der Waals surface area contributed by atoms with Crippen LogP contribution in [0.1, 0.15) is 47.4 Å². The maximum Gasteiger partial charge on any atom is 0.254 e. The number of amides is 2. The number of aromatic nitrogens is 1. The van der Waals surface area contributed by atoms with E-state index < -0.39 is 11.9 Å². The number of halogens is 1. The van der Waals surface area contributed by atoms with Crippen molar-refractivity contribution in [1.82, 2.24) is 9.47 Å². The molecule has 2 amide bonds. The van der Waals surface area contributed by atoms with Gasteiger partial charge in [0, 0.05) is 18.3 Å². The van der Waals surface area contributed by atoms with E-state index in [0.29, 0.717) is 12.1 Å². The summed E-state index contributed by atoms with van der Waals surface area (Å²) < 4.78 is 21.0. The Morgan fingerprint density at radius 2 is 1.63 bits per heavy atom. The minimum atomic E-state index is -0.409. The lowest BCUT2D eigenvalue weighted by Crippen LogP contribution is -2.47. The highest BCUT2D eigenvalue weighted by Gasteiger charge is 2.37. The van der Waals surface area contributed by atoms with Gasteiger partial charge in [-0.15, -0.1) is 0 Å². The van der Waals surface area contributed by atoms with Crippen molar-refractivity contribution in [1.29, 1.82) is 0 Å². The molecular weight excluding hydrogens is 481 g/mol. The summed E-state index contributed by atoms with van der Waals surface area (Å²) in [6.45, 7) is 2.37. The number of ether oxygens (including phenoxy) is 1.